The summed E-state index contributed by atoms with van der Waals surface area (Å²) < 4.78 is 0.858. The predicted molar refractivity (Wildman–Crippen MR) is 111 cm³/mol. The van der Waals surface area contributed by atoms with Crippen LogP contribution in [-0.2, 0) is 4.79 Å². The van der Waals surface area contributed by atoms with Crippen molar-refractivity contribution in [2.75, 3.05) is 28.3 Å². The summed E-state index contributed by atoms with van der Waals surface area (Å²) in [6.45, 7) is 0.770. The second-order valence-electron chi connectivity index (χ2n) is 6.50. The molecule has 4 rings (SSSR count). The molecule has 0 unspecified atom stereocenters. The maximum atomic E-state index is 12.7. The van der Waals surface area contributed by atoms with E-state index in [4.69, 9.17) is 0 Å². The van der Waals surface area contributed by atoms with Crippen LogP contribution in [0, 0.1) is 0 Å². The quantitative estimate of drug-likeness (QED) is 0.737. The predicted octanol–water partition coefficient (Wildman–Crippen LogP) is 4.51. The maximum absolute atomic E-state index is 12.7. The summed E-state index contributed by atoms with van der Waals surface area (Å²) >= 11 is 4.86. The second kappa shape index (κ2) is 8.63. The Labute approximate surface area is 166 Å². The van der Waals surface area contributed by atoms with Crippen LogP contribution in [0.4, 0.5) is 10.8 Å². The Bertz CT molecular complexity index is 760. The molecule has 0 saturated heterocycles. The van der Waals surface area contributed by atoms with E-state index in [0.717, 1.165) is 27.5 Å². The van der Waals surface area contributed by atoms with Crippen molar-refractivity contribution < 1.29 is 4.79 Å². The highest BCUT2D eigenvalue weighted by Crippen LogP contribution is 2.35. The van der Waals surface area contributed by atoms with Gasteiger partial charge in [0, 0.05) is 23.2 Å². The molecule has 2 heterocycles. The normalized spacial score (nSPS) is 17.8. The van der Waals surface area contributed by atoms with E-state index < -0.39 is 0 Å². The van der Waals surface area contributed by atoms with Crippen molar-refractivity contribution in [1.82, 2.24) is 10.2 Å². The van der Waals surface area contributed by atoms with E-state index in [2.05, 4.69) is 21.6 Å². The molecule has 26 heavy (non-hydrogen) atoms. The SMILES string of the molecule is O=C(CSc1nnc(NC2CCCCC2)s1)N1CCSc2ccccc21. The van der Waals surface area contributed by atoms with Gasteiger partial charge in [0.2, 0.25) is 11.0 Å². The lowest BCUT2D eigenvalue weighted by Crippen LogP contribution is -2.36. The first-order valence-corrected chi connectivity index (χ1v) is 11.8. The summed E-state index contributed by atoms with van der Waals surface area (Å²) in [5, 5.41) is 12.9. The van der Waals surface area contributed by atoms with E-state index in [1.54, 1.807) is 11.3 Å². The Hall–Kier alpha value is -1.25. The van der Waals surface area contributed by atoms with Gasteiger partial charge in [-0.05, 0) is 25.0 Å². The summed E-state index contributed by atoms with van der Waals surface area (Å²) in [5.41, 5.74) is 1.03. The number of anilines is 2. The van der Waals surface area contributed by atoms with Crippen LogP contribution in [0.5, 0.6) is 0 Å². The molecule has 5 nitrogen and oxygen atoms in total. The Morgan fingerprint density at radius 2 is 2.08 bits per heavy atom. The zero-order valence-electron chi connectivity index (χ0n) is 14.5. The first kappa shape index (κ1) is 18.1. The molecule has 138 valence electrons. The molecule has 0 atom stereocenters. The number of thioether (sulfide) groups is 2. The zero-order valence-corrected chi connectivity index (χ0v) is 17.0. The topological polar surface area (TPSA) is 58.1 Å². The number of nitrogens with one attached hydrogen (secondary N) is 1. The number of nitrogens with zero attached hydrogens (tertiary/aromatic N) is 3. The summed E-state index contributed by atoms with van der Waals surface area (Å²) in [6, 6.07) is 8.66. The number of carbonyl (C=O) groups is 1. The van der Waals surface area contributed by atoms with E-state index in [1.165, 1.54) is 48.8 Å². The fourth-order valence-corrected chi connectivity index (χ4v) is 6.08. The Morgan fingerprint density at radius 3 is 2.96 bits per heavy atom. The molecule has 1 aliphatic carbocycles. The van der Waals surface area contributed by atoms with Crippen LogP contribution >= 0.6 is 34.9 Å². The molecule has 1 aliphatic heterocycles. The van der Waals surface area contributed by atoms with Gasteiger partial charge in [-0.15, -0.1) is 22.0 Å². The van der Waals surface area contributed by atoms with Gasteiger partial charge >= 0.3 is 0 Å². The minimum Gasteiger partial charge on any atom is -0.357 e. The van der Waals surface area contributed by atoms with Gasteiger partial charge < -0.3 is 10.2 Å². The van der Waals surface area contributed by atoms with E-state index >= 15 is 0 Å². The summed E-state index contributed by atoms with van der Waals surface area (Å²) in [7, 11) is 0. The van der Waals surface area contributed by atoms with Crippen LogP contribution in [0.15, 0.2) is 33.5 Å². The Morgan fingerprint density at radius 1 is 1.23 bits per heavy atom. The van der Waals surface area contributed by atoms with Gasteiger partial charge in [-0.3, -0.25) is 4.79 Å². The van der Waals surface area contributed by atoms with Crippen molar-refractivity contribution in [1.29, 1.82) is 0 Å². The highest BCUT2D eigenvalue weighted by molar-refractivity contribution is 8.01. The molecule has 1 aromatic carbocycles. The van der Waals surface area contributed by atoms with Crippen LogP contribution in [0.1, 0.15) is 32.1 Å². The number of carbonyl (C=O) groups excluding carboxylic acids is 1. The first-order valence-electron chi connectivity index (χ1n) is 9.04. The van der Waals surface area contributed by atoms with Crippen LogP contribution < -0.4 is 10.2 Å². The smallest absolute Gasteiger partial charge is 0.237 e. The lowest BCUT2D eigenvalue weighted by Gasteiger charge is -2.28. The van der Waals surface area contributed by atoms with Crippen molar-refractivity contribution in [3.8, 4) is 0 Å². The van der Waals surface area contributed by atoms with Crippen LogP contribution in [0.3, 0.4) is 0 Å². The number of aromatic nitrogens is 2. The van der Waals surface area contributed by atoms with Gasteiger partial charge in [0.25, 0.3) is 0 Å². The molecule has 0 radical (unpaired) electrons. The van der Waals surface area contributed by atoms with Gasteiger partial charge in [-0.25, -0.2) is 0 Å². The molecule has 2 aromatic rings. The molecule has 0 spiro atoms. The van der Waals surface area contributed by atoms with Gasteiger partial charge in [0.05, 0.1) is 11.4 Å². The molecule has 0 bridgehead atoms. The Kier molecular flexibility index (Phi) is 6.01. The van der Waals surface area contributed by atoms with Gasteiger partial charge in [0.15, 0.2) is 4.34 Å². The van der Waals surface area contributed by atoms with Crippen LogP contribution in [-0.4, -0.2) is 40.2 Å². The fraction of sp³-hybridized carbons (Fsp3) is 0.500. The molecule has 1 aromatic heterocycles. The highest BCUT2D eigenvalue weighted by atomic mass is 32.2. The van der Waals surface area contributed by atoms with Crippen molar-refractivity contribution in [3.63, 3.8) is 0 Å². The van der Waals surface area contributed by atoms with Crippen molar-refractivity contribution in [2.45, 2.75) is 47.4 Å². The fourth-order valence-electron chi connectivity index (χ4n) is 3.38. The average Bonchev–Trinajstić information content (AvgIpc) is 3.14. The summed E-state index contributed by atoms with van der Waals surface area (Å²) in [5.74, 6) is 1.48. The number of benzene rings is 1. The van der Waals surface area contributed by atoms with Crippen molar-refractivity contribution in [2.24, 2.45) is 0 Å². The largest absolute Gasteiger partial charge is 0.357 e. The van der Waals surface area contributed by atoms with E-state index in [9.17, 15) is 4.79 Å². The number of amides is 1. The number of hydrogen-bond donors (Lipinski definition) is 1. The third kappa shape index (κ3) is 4.35. The van der Waals surface area contributed by atoms with E-state index in [-0.39, 0.29) is 5.91 Å². The summed E-state index contributed by atoms with van der Waals surface area (Å²) in [4.78, 5) is 15.8. The summed E-state index contributed by atoms with van der Waals surface area (Å²) in [6.07, 6.45) is 6.36. The van der Waals surface area contributed by atoms with Crippen molar-refractivity contribution >= 4 is 51.6 Å². The highest BCUT2D eigenvalue weighted by Gasteiger charge is 2.23. The van der Waals surface area contributed by atoms with Crippen LogP contribution in [0.2, 0.25) is 0 Å². The standard InChI is InChI=1S/C18H22N4OS3/c23-16(22-10-11-24-15-9-5-4-8-14(15)22)12-25-18-21-20-17(26-18)19-13-6-2-1-3-7-13/h4-5,8-9,13H,1-3,6-7,10-12H2,(H,19,20). The second-order valence-corrected chi connectivity index (χ2v) is 9.84. The lowest BCUT2D eigenvalue weighted by atomic mass is 9.96. The number of hydrogen-bond acceptors (Lipinski definition) is 7. The molecule has 1 amide bonds. The lowest BCUT2D eigenvalue weighted by molar-refractivity contribution is -0.116. The maximum Gasteiger partial charge on any atom is 0.237 e. The van der Waals surface area contributed by atoms with Crippen molar-refractivity contribution in [3.05, 3.63) is 24.3 Å². The third-order valence-corrected chi connectivity index (χ3v) is 7.70. The Balaban J connectivity index is 1.32. The first-order chi connectivity index (χ1) is 12.8. The monoisotopic (exact) mass is 406 g/mol. The van der Waals surface area contributed by atoms with Gasteiger partial charge in [-0.2, -0.15) is 0 Å². The number of fused-ring (bicyclic) bond motifs is 1. The molecule has 2 aliphatic rings. The molecule has 1 saturated carbocycles. The van der Waals surface area contributed by atoms with E-state index in [1.807, 2.05) is 34.9 Å². The molecule has 1 N–H and O–H groups in total. The number of para-hydroxylation sites is 1. The average molecular weight is 407 g/mol. The van der Waals surface area contributed by atoms with Gasteiger partial charge in [0.1, 0.15) is 0 Å². The zero-order chi connectivity index (χ0) is 17.8. The minimum atomic E-state index is 0.139. The molecule has 8 heteroatoms. The van der Waals surface area contributed by atoms with Gasteiger partial charge in [-0.1, -0.05) is 54.5 Å². The van der Waals surface area contributed by atoms with E-state index in [0.29, 0.717) is 11.8 Å². The van der Waals surface area contributed by atoms with Crippen LogP contribution in [0.25, 0.3) is 0 Å². The minimum absolute atomic E-state index is 0.139. The molecular formula is C18H22N4OS3. The molecular weight excluding hydrogens is 384 g/mol. The number of rotatable bonds is 5. The third-order valence-electron chi connectivity index (χ3n) is 4.69. The molecule has 1 fully saturated rings.